The molecule has 0 saturated carbocycles. The molecule has 1 amide bonds. The summed E-state index contributed by atoms with van der Waals surface area (Å²) in [6.07, 6.45) is 0.744. The summed E-state index contributed by atoms with van der Waals surface area (Å²) >= 11 is 4.52. The molecule has 0 saturated heterocycles. The van der Waals surface area contributed by atoms with Crippen molar-refractivity contribution in [1.82, 2.24) is 4.98 Å². The van der Waals surface area contributed by atoms with Gasteiger partial charge < -0.3 is 10.1 Å². The van der Waals surface area contributed by atoms with E-state index in [-0.39, 0.29) is 12.3 Å². The number of halogens is 2. The number of ether oxygens (including phenoxy) is 1. The monoisotopic (exact) mass is 370 g/mol. The number of benzene rings is 1. The Balaban J connectivity index is 1.69. The van der Waals surface area contributed by atoms with Crippen LogP contribution in [0.2, 0.25) is 0 Å². The Morgan fingerprint density at radius 3 is 3.19 bits per heavy atom. The van der Waals surface area contributed by atoms with Crippen molar-refractivity contribution in [3.05, 3.63) is 44.6 Å². The van der Waals surface area contributed by atoms with Crippen LogP contribution in [0.25, 0.3) is 0 Å². The molecule has 110 valence electrons. The zero-order valence-electron chi connectivity index (χ0n) is 11.0. The second-order valence-corrected chi connectivity index (χ2v) is 6.57. The zero-order valence-corrected chi connectivity index (χ0v) is 13.4. The van der Waals surface area contributed by atoms with Crippen LogP contribution in [0.5, 0.6) is 0 Å². The van der Waals surface area contributed by atoms with Crippen LogP contribution in [-0.2, 0) is 29.0 Å². The van der Waals surface area contributed by atoms with E-state index in [2.05, 4.69) is 26.2 Å². The number of anilines is 1. The maximum absolute atomic E-state index is 13.8. The average molecular weight is 371 g/mol. The summed E-state index contributed by atoms with van der Waals surface area (Å²) in [6.45, 7) is 1.20. The van der Waals surface area contributed by atoms with E-state index in [9.17, 15) is 9.18 Å². The number of carbonyl (C=O) groups excluding carboxylic acids is 1. The Morgan fingerprint density at radius 2 is 2.38 bits per heavy atom. The molecule has 0 aliphatic carbocycles. The van der Waals surface area contributed by atoms with Gasteiger partial charge in [-0.3, -0.25) is 4.79 Å². The fraction of sp³-hybridized carbons (Fsp3) is 0.286. The summed E-state index contributed by atoms with van der Waals surface area (Å²) in [7, 11) is 0. The maximum atomic E-state index is 13.8. The molecule has 0 spiro atoms. The van der Waals surface area contributed by atoms with Gasteiger partial charge in [-0.1, -0.05) is 23.5 Å². The summed E-state index contributed by atoms with van der Waals surface area (Å²) in [5.74, 6) is -0.682. The first-order valence-corrected chi connectivity index (χ1v) is 8.03. The van der Waals surface area contributed by atoms with Crippen molar-refractivity contribution >= 4 is 38.3 Å². The SMILES string of the molecule is O=C(Cc1cccc(Br)c1F)Nc1nc2c(s1)COCC2. The van der Waals surface area contributed by atoms with Crippen molar-refractivity contribution in [2.45, 2.75) is 19.4 Å². The molecule has 1 aliphatic heterocycles. The Bertz CT molecular complexity index is 666. The molecule has 0 bridgehead atoms. The lowest BCUT2D eigenvalue weighted by Gasteiger charge is -2.08. The van der Waals surface area contributed by atoms with Gasteiger partial charge in [0.05, 0.1) is 34.7 Å². The highest BCUT2D eigenvalue weighted by Crippen LogP contribution is 2.27. The van der Waals surface area contributed by atoms with E-state index in [1.54, 1.807) is 18.2 Å². The van der Waals surface area contributed by atoms with Crippen LogP contribution in [0, 0.1) is 5.82 Å². The molecule has 0 unspecified atom stereocenters. The van der Waals surface area contributed by atoms with E-state index in [1.165, 1.54) is 11.3 Å². The quantitative estimate of drug-likeness (QED) is 0.901. The Kier molecular flexibility index (Phi) is 4.32. The average Bonchev–Trinajstić information content (AvgIpc) is 2.86. The number of amides is 1. The van der Waals surface area contributed by atoms with Gasteiger partial charge in [0.25, 0.3) is 0 Å². The van der Waals surface area contributed by atoms with Crippen LogP contribution < -0.4 is 5.32 Å². The van der Waals surface area contributed by atoms with Crippen molar-refractivity contribution in [2.75, 3.05) is 11.9 Å². The largest absolute Gasteiger partial charge is 0.375 e. The molecule has 21 heavy (non-hydrogen) atoms. The third kappa shape index (κ3) is 3.30. The molecule has 0 atom stereocenters. The predicted molar refractivity (Wildman–Crippen MR) is 81.9 cm³/mol. The number of rotatable bonds is 3. The molecule has 0 fully saturated rings. The van der Waals surface area contributed by atoms with Crippen molar-refractivity contribution in [3.63, 3.8) is 0 Å². The Morgan fingerprint density at radius 1 is 1.52 bits per heavy atom. The van der Waals surface area contributed by atoms with Crippen molar-refractivity contribution in [3.8, 4) is 0 Å². The van der Waals surface area contributed by atoms with Gasteiger partial charge in [-0.25, -0.2) is 9.37 Å². The first kappa shape index (κ1) is 14.6. The normalized spacial score (nSPS) is 13.8. The highest BCUT2D eigenvalue weighted by Gasteiger charge is 2.17. The standard InChI is InChI=1S/C14H12BrFN2O2S/c15-9-3-1-2-8(13(9)16)6-12(19)18-14-17-10-4-5-20-7-11(10)21-14/h1-3H,4-7H2,(H,17,18,19). The summed E-state index contributed by atoms with van der Waals surface area (Å²) in [6, 6.07) is 4.90. The summed E-state index contributed by atoms with van der Waals surface area (Å²) < 4.78 is 19.5. The summed E-state index contributed by atoms with van der Waals surface area (Å²) in [5, 5.41) is 3.27. The molecule has 2 heterocycles. The third-order valence-corrected chi connectivity index (χ3v) is 4.72. The van der Waals surface area contributed by atoms with E-state index in [0.717, 1.165) is 17.0 Å². The molecular formula is C14H12BrFN2O2S. The molecule has 4 nitrogen and oxygen atoms in total. The second kappa shape index (κ2) is 6.21. The van der Waals surface area contributed by atoms with Gasteiger partial charge in [0, 0.05) is 6.42 Å². The predicted octanol–water partition coefficient (Wildman–Crippen LogP) is 3.30. The number of thiazole rings is 1. The zero-order chi connectivity index (χ0) is 14.8. The van der Waals surface area contributed by atoms with E-state index in [1.807, 2.05) is 0 Å². The van der Waals surface area contributed by atoms with Crippen LogP contribution in [0.1, 0.15) is 16.1 Å². The molecule has 1 N–H and O–H groups in total. The summed E-state index contributed by atoms with van der Waals surface area (Å²) in [4.78, 5) is 17.4. The van der Waals surface area contributed by atoms with Crippen LogP contribution in [0.15, 0.2) is 22.7 Å². The highest BCUT2D eigenvalue weighted by atomic mass is 79.9. The number of fused-ring (bicyclic) bond motifs is 1. The number of aromatic nitrogens is 1. The first-order valence-electron chi connectivity index (χ1n) is 6.42. The van der Waals surface area contributed by atoms with E-state index >= 15 is 0 Å². The van der Waals surface area contributed by atoms with Gasteiger partial charge in [-0.2, -0.15) is 0 Å². The molecule has 1 aromatic carbocycles. The second-order valence-electron chi connectivity index (χ2n) is 4.63. The number of nitrogens with zero attached hydrogens (tertiary/aromatic N) is 1. The van der Waals surface area contributed by atoms with Gasteiger partial charge in [0.1, 0.15) is 5.82 Å². The lowest BCUT2D eigenvalue weighted by Crippen LogP contribution is -2.15. The highest BCUT2D eigenvalue weighted by molar-refractivity contribution is 9.10. The Labute approximate surface area is 133 Å². The smallest absolute Gasteiger partial charge is 0.230 e. The molecule has 0 radical (unpaired) electrons. The molecule has 3 rings (SSSR count). The van der Waals surface area contributed by atoms with Crippen LogP contribution in [-0.4, -0.2) is 17.5 Å². The van der Waals surface area contributed by atoms with E-state index in [4.69, 9.17) is 4.74 Å². The number of hydrogen-bond acceptors (Lipinski definition) is 4. The van der Waals surface area contributed by atoms with Crippen LogP contribution in [0.4, 0.5) is 9.52 Å². The topological polar surface area (TPSA) is 51.2 Å². The Hall–Kier alpha value is -1.31. The van der Waals surface area contributed by atoms with Gasteiger partial charge in [-0.15, -0.1) is 0 Å². The van der Waals surface area contributed by atoms with Crippen molar-refractivity contribution in [2.24, 2.45) is 0 Å². The minimum absolute atomic E-state index is 0.0218. The molecule has 7 heteroatoms. The van der Waals surface area contributed by atoms with E-state index in [0.29, 0.717) is 28.4 Å². The van der Waals surface area contributed by atoms with Gasteiger partial charge in [-0.05, 0) is 27.6 Å². The van der Waals surface area contributed by atoms with Crippen molar-refractivity contribution < 1.29 is 13.9 Å². The van der Waals surface area contributed by atoms with Gasteiger partial charge in [0.2, 0.25) is 5.91 Å². The molecule has 2 aromatic rings. The number of nitrogens with one attached hydrogen (secondary N) is 1. The van der Waals surface area contributed by atoms with Crippen LogP contribution in [0.3, 0.4) is 0 Å². The van der Waals surface area contributed by atoms with Crippen molar-refractivity contribution in [1.29, 1.82) is 0 Å². The minimum atomic E-state index is -0.403. The first-order chi connectivity index (χ1) is 10.1. The van der Waals surface area contributed by atoms with Gasteiger partial charge in [0.15, 0.2) is 5.13 Å². The minimum Gasteiger partial charge on any atom is -0.375 e. The molecule has 1 aromatic heterocycles. The van der Waals surface area contributed by atoms with Crippen LogP contribution >= 0.6 is 27.3 Å². The fourth-order valence-electron chi connectivity index (χ4n) is 2.10. The number of carbonyl (C=O) groups is 1. The van der Waals surface area contributed by atoms with E-state index < -0.39 is 5.82 Å². The van der Waals surface area contributed by atoms with Gasteiger partial charge >= 0.3 is 0 Å². The lowest BCUT2D eigenvalue weighted by atomic mass is 10.1. The molecular weight excluding hydrogens is 359 g/mol. The lowest BCUT2D eigenvalue weighted by molar-refractivity contribution is -0.115. The summed E-state index contributed by atoms with van der Waals surface area (Å²) in [5.41, 5.74) is 1.33. The third-order valence-electron chi connectivity index (χ3n) is 3.12. The number of hydrogen-bond donors (Lipinski definition) is 1. The fourth-order valence-corrected chi connectivity index (χ4v) is 3.47. The maximum Gasteiger partial charge on any atom is 0.230 e. The molecule has 1 aliphatic rings.